The Morgan fingerprint density at radius 2 is 1.85 bits per heavy atom. The summed E-state index contributed by atoms with van der Waals surface area (Å²) in [6, 6.07) is 4.89. The molecule has 0 aliphatic carbocycles. The van der Waals surface area contributed by atoms with Gasteiger partial charge in [-0.2, -0.15) is 0 Å². The van der Waals surface area contributed by atoms with Gasteiger partial charge in [0, 0.05) is 66.8 Å². The second kappa shape index (κ2) is 9.40. The SMILES string of the molecule is CN(C)S(=O)(=O)c1ccc2c(c1)nc(CCC(=O)N1CCN(C(=O)C3CCCO3)CC1)n2C. The molecule has 0 saturated carbocycles. The van der Waals surface area contributed by atoms with E-state index in [9.17, 15) is 18.0 Å². The summed E-state index contributed by atoms with van der Waals surface area (Å²) in [4.78, 5) is 33.6. The molecule has 2 saturated heterocycles. The van der Waals surface area contributed by atoms with Crippen LogP contribution in [0, 0.1) is 0 Å². The fourth-order valence-corrected chi connectivity index (χ4v) is 5.28. The molecular weight excluding hydrogens is 446 g/mol. The van der Waals surface area contributed by atoms with Gasteiger partial charge in [0.05, 0.1) is 15.9 Å². The number of carbonyl (C=O) groups excluding carboxylic acids is 2. The summed E-state index contributed by atoms with van der Waals surface area (Å²) in [5, 5.41) is 0. The number of nitrogens with zero attached hydrogens (tertiary/aromatic N) is 5. The number of fused-ring (bicyclic) bond motifs is 1. The number of ether oxygens (including phenoxy) is 1. The molecule has 3 heterocycles. The zero-order chi connectivity index (χ0) is 23.8. The molecule has 1 aromatic carbocycles. The summed E-state index contributed by atoms with van der Waals surface area (Å²) in [5.74, 6) is 0.794. The van der Waals surface area contributed by atoms with E-state index in [2.05, 4.69) is 4.98 Å². The standard InChI is InChI=1S/C22H31N5O5S/c1-24(2)33(30,31)16-6-7-18-17(15-16)23-20(25(18)3)8-9-21(28)26-10-12-27(13-11-26)22(29)19-5-4-14-32-19/h6-7,15,19H,4-5,8-14H2,1-3H3. The fraction of sp³-hybridized carbons (Fsp3) is 0.591. The molecular formula is C22H31N5O5S. The third kappa shape index (κ3) is 4.75. The van der Waals surface area contributed by atoms with Gasteiger partial charge in [-0.1, -0.05) is 0 Å². The smallest absolute Gasteiger partial charge is 0.251 e. The summed E-state index contributed by atoms with van der Waals surface area (Å²) < 4.78 is 33.4. The zero-order valence-electron chi connectivity index (χ0n) is 19.4. The van der Waals surface area contributed by atoms with Gasteiger partial charge in [-0.15, -0.1) is 0 Å². The lowest BCUT2D eigenvalue weighted by atomic mass is 10.2. The molecule has 2 amide bonds. The second-order valence-electron chi connectivity index (χ2n) is 8.73. The number of aryl methyl sites for hydroxylation is 2. The van der Waals surface area contributed by atoms with E-state index >= 15 is 0 Å². The lowest BCUT2D eigenvalue weighted by Crippen LogP contribution is -2.52. The van der Waals surface area contributed by atoms with Crippen molar-refractivity contribution in [2.45, 2.75) is 36.7 Å². The van der Waals surface area contributed by atoms with Crippen LogP contribution in [-0.2, 0) is 37.8 Å². The average molecular weight is 478 g/mol. The minimum absolute atomic E-state index is 0.0298. The van der Waals surface area contributed by atoms with Crippen LogP contribution in [0.2, 0.25) is 0 Å². The van der Waals surface area contributed by atoms with Gasteiger partial charge in [-0.3, -0.25) is 9.59 Å². The van der Waals surface area contributed by atoms with Crippen LogP contribution in [0.1, 0.15) is 25.1 Å². The van der Waals surface area contributed by atoms with E-state index in [0.717, 1.165) is 24.2 Å². The Hall–Kier alpha value is -2.50. The topological polar surface area (TPSA) is 105 Å². The Kier molecular flexibility index (Phi) is 6.73. The maximum absolute atomic E-state index is 12.8. The Labute approximate surface area is 194 Å². The monoisotopic (exact) mass is 477 g/mol. The van der Waals surface area contributed by atoms with Crippen LogP contribution in [0.25, 0.3) is 11.0 Å². The van der Waals surface area contributed by atoms with Gasteiger partial charge >= 0.3 is 0 Å². The van der Waals surface area contributed by atoms with Crippen molar-refractivity contribution < 1.29 is 22.7 Å². The first kappa shape index (κ1) is 23.7. The first-order valence-electron chi connectivity index (χ1n) is 11.2. The molecule has 33 heavy (non-hydrogen) atoms. The summed E-state index contributed by atoms with van der Waals surface area (Å²) in [5.41, 5.74) is 1.40. The number of hydrogen-bond acceptors (Lipinski definition) is 6. The molecule has 2 aliphatic rings. The van der Waals surface area contributed by atoms with Crippen LogP contribution in [-0.4, -0.2) is 96.9 Å². The van der Waals surface area contributed by atoms with E-state index < -0.39 is 10.0 Å². The van der Waals surface area contributed by atoms with Crippen molar-refractivity contribution in [1.82, 2.24) is 23.7 Å². The molecule has 4 rings (SSSR count). The lowest BCUT2D eigenvalue weighted by Gasteiger charge is -2.35. The number of sulfonamides is 1. The van der Waals surface area contributed by atoms with Gasteiger partial charge in [-0.05, 0) is 31.0 Å². The largest absolute Gasteiger partial charge is 0.368 e. The van der Waals surface area contributed by atoms with Crippen molar-refractivity contribution in [3.8, 4) is 0 Å². The van der Waals surface area contributed by atoms with E-state index in [0.29, 0.717) is 51.1 Å². The molecule has 0 spiro atoms. The van der Waals surface area contributed by atoms with Crippen LogP contribution in [0.15, 0.2) is 23.1 Å². The quantitative estimate of drug-likeness (QED) is 0.604. The van der Waals surface area contributed by atoms with Crippen molar-refractivity contribution in [1.29, 1.82) is 0 Å². The number of imidazole rings is 1. The number of carbonyl (C=O) groups is 2. The number of benzene rings is 1. The van der Waals surface area contributed by atoms with Crippen LogP contribution in [0.3, 0.4) is 0 Å². The number of amides is 2. The molecule has 10 nitrogen and oxygen atoms in total. The molecule has 0 N–H and O–H groups in total. The molecule has 2 fully saturated rings. The molecule has 0 bridgehead atoms. The molecule has 0 radical (unpaired) electrons. The van der Waals surface area contributed by atoms with Gasteiger partial charge < -0.3 is 19.1 Å². The number of rotatable bonds is 6. The second-order valence-corrected chi connectivity index (χ2v) is 10.9. The van der Waals surface area contributed by atoms with Gasteiger partial charge in [0.2, 0.25) is 15.9 Å². The summed E-state index contributed by atoms with van der Waals surface area (Å²) in [6.07, 6.45) is 2.13. The van der Waals surface area contributed by atoms with Crippen molar-refractivity contribution >= 4 is 32.9 Å². The van der Waals surface area contributed by atoms with Gasteiger partial charge in [0.1, 0.15) is 11.9 Å². The summed E-state index contributed by atoms with van der Waals surface area (Å²) >= 11 is 0. The highest BCUT2D eigenvalue weighted by Gasteiger charge is 2.31. The number of aromatic nitrogens is 2. The highest BCUT2D eigenvalue weighted by Crippen LogP contribution is 2.22. The van der Waals surface area contributed by atoms with E-state index in [1.165, 1.54) is 18.4 Å². The van der Waals surface area contributed by atoms with E-state index in [4.69, 9.17) is 4.74 Å². The molecule has 1 aromatic heterocycles. The van der Waals surface area contributed by atoms with Crippen LogP contribution in [0.4, 0.5) is 0 Å². The number of piperazine rings is 1. The summed E-state index contributed by atoms with van der Waals surface area (Å²) in [6.45, 7) is 2.74. The molecule has 2 aromatic rings. The Balaban J connectivity index is 1.36. The van der Waals surface area contributed by atoms with Crippen LogP contribution >= 0.6 is 0 Å². The van der Waals surface area contributed by atoms with Crippen molar-refractivity contribution in [2.24, 2.45) is 7.05 Å². The van der Waals surface area contributed by atoms with Gasteiger partial charge in [-0.25, -0.2) is 17.7 Å². The third-order valence-electron chi connectivity index (χ3n) is 6.44. The first-order chi connectivity index (χ1) is 15.7. The maximum atomic E-state index is 12.8. The minimum atomic E-state index is -3.54. The van der Waals surface area contributed by atoms with E-state index in [-0.39, 0.29) is 22.8 Å². The molecule has 2 aliphatic heterocycles. The Morgan fingerprint density at radius 3 is 2.48 bits per heavy atom. The van der Waals surface area contributed by atoms with Crippen LogP contribution < -0.4 is 0 Å². The van der Waals surface area contributed by atoms with Crippen molar-refractivity contribution in [3.05, 3.63) is 24.0 Å². The molecule has 1 atom stereocenters. The highest BCUT2D eigenvalue weighted by molar-refractivity contribution is 7.89. The van der Waals surface area contributed by atoms with E-state index in [1.807, 2.05) is 11.6 Å². The lowest BCUT2D eigenvalue weighted by molar-refractivity contribution is -0.146. The first-order valence-corrected chi connectivity index (χ1v) is 12.7. The molecule has 1 unspecified atom stereocenters. The normalized spacial score (nSPS) is 19.6. The molecule has 180 valence electrons. The fourth-order valence-electron chi connectivity index (χ4n) is 4.35. The van der Waals surface area contributed by atoms with Gasteiger partial charge in [0.25, 0.3) is 5.91 Å². The maximum Gasteiger partial charge on any atom is 0.251 e. The Bertz CT molecular complexity index is 1150. The number of hydrogen-bond donors (Lipinski definition) is 0. The molecule has 11 heteroatoms. The predicted octanol–water partition coefficient (Wildman–Crippen LogP) is 0.606. The minimum Gasteiger partial charge on any atom is -0.368 e. The zero-order valence-corrected chi connectivity index (χ0v) is 20.2. The third-order valence-corrected chi connectivity index (χ3v) is 8.25. The van der Waals surface area contributed by atoms with Gasteiger partial charge in [0.15, 0.2) is 0 Å². The van der Waals surface area contributed by atoms with E-state index in [1.54, 1.807) is 28.0 Å². The summed E-state index contributed by atoms with van der Waals surface area (Å²) in [7, 11) is 1.31. The predicted molar refractivity (Wildman–Crippen MR) is 122 cm³/mol. The van der Waals surface area contributed by atoms with Crippen molar-refractivity contribution in [2.75, 3.05) is 46.9 Å². The van der Waals surface area contributed by atoms with Crippen molar-refractivity contribution in [3.63, 3.8) is 0 Å². The Morgan fingerprint density at radius 1 is 1.15 bits per heavy atom. The average Bonchev–Trinajstić information content (AvgIpc) is 3.45. The van der Waals surface area contributed by atoms with Crippen LogP contribution in [0.5, 0.6) is 0 Å². The highest BCUT2D eigenvalue weighted by atomic mass is 32.2.